The zero-order chi connectivity index (χ0) is 16.5. The molecule has 1 aromatic carbocycles. The van der Waals surface area contributed by atoms with Crippen molar-refractivity contribution in [3.8, 4) is 9.88 Å². The molecule has 24 heavy (non-hydrogen) atoms. The number of hydrogen-bond acceptors (Lipinski definition) is 6. The number of para-hydroxylation sites is 2. The van der Waals surface area contributed by atoms with Gasteiger partial charge in [-0.05, 0) is 23.6 Å². The first kappa shape index (κ1) is 15.3. The van der Waals surface area contributed by atoms with Crippen LogP contribution in [0.15, 0.2) is 47.2 Å². The van der Waals surface area contributed by atoms with E-state index in [2.05, 4.69) is 15.2 Å². The smallest absolute Gasteiger partial charge is 0.275 e. The largest absolute Gasteiger partial charge is 0.367 e. The molecule has 2 aromatic heterocycles. The predicted molar refractivity (Wildman–Crippen MR) is 100 cm³/mol. The molecule has 1 fully saturated rings. The molecule has 3 aromatic rings. The van der Waals surface area contributed by atoms with Crippen LogP contribution in [0.2, 0.25) is 0 Å². The van der Waals surface area contributed by atoms with Crippen molar-refractivity contribution >= 4 is 40.0 Å². The van der Waals surface area contributed by atoms with Crippen molar-refractivity contribution in [1.29, 1.82) is 0 Å². The Labute approximate surface area is 147 Å². The summed E-state index contributed by atoms with van der Waals surface area (Å²) in [6, 6.07) is 12.0. The van der Waals surface area contributed by atoms with Crippen molar-refractivity contribution in [2.24, 2.45) is 5.73 Å². The number of hydrogen-bond donors (Lipinski definition) is 2. The summed E-state index contributed by atoms with van der Waals surface area (Å²) in [5, 5.41) is 7.65. The first-order valence-electron chi connectivity index (χ1n) is 7.61. The van der Waals surface area contributed by atoms with Gasteiger partial charge in [0, 0.05) is 24.5 Å². The third-order valence-corrected chi connectivity index (χ3v) is 5.75. The number of nitrogens with one attached hydrogen (secondary N) is 1. The molecule has 5 nitrogen and oxygen atoms in total. The molecular formula is C17H16N4OS2. The minimum Gasteiger partial charge on any atom is -0.367 e. The van der Waals surface area contributed by atoms with Gasteiger partial charge in [0.1, 0.15) is 10.7 Å². The van der Waals surface area contributed by atoms with E-state index in [0.29, 0.717) is 5.69 Å². The predicted octanol–water partition coefficient (Wildman–Crippen LogP) is 3.27. The van der Waals surface area contributed by atoms with Crippen LogP contribution in [-0.4, -0.2) is 30.0 Å². The van der Waals surface area contributed by atoms with Gasteiger partial charge in [-0.25, -0.2) is 4.98 Å². The Bertz CT molecular complexity index is 853. The maximum absolute atomic E-state index is 12.5. The summed E-state index contributed by atoms with van der Waals surface area (Å²) in [6.07, 6.45) is 0. The van der Waals surface area contributed by atoms with Crippen LogP contribution in [0.3, 0.4) is 0 Å². The maximum atomic E-state index is 12.5. The van der Waals surface area contributed by atoms with Crippen molar-refractivity contribution in [3.05, 3.63) is 52.9 Å². The fourth-order valence-corrected chi connectivity index (χ4v) is 4.26. The Hall–Kier alpha value is -2.22. The number of aromatic nitrogens is 1. The quantitative estimate of drug-likeness (QED) is 0.753. The van der Waals surface area contributed by atoms with Crippen molar-refractivity contribution in [2.75, 3.05) is 23.3 Å². The monoisotopic (exact) mass is 356 g/mol. The van der Waals surface area contributed by atoms with Gasteiger partial charge >= 0.3 is 0 Å². The number of nitrogens with two attached hydrogens (primary N) is 1. The molecule has 0 saturated carbocycles. The van der Waals surface area contributed by atoms with Crippen LogP contribution in [0.1, 0.15) is 10.5 Å². The van der Waals surface area contributed by atoms with Crippen LogP contribution in [0.5, 0.6) is 0 Å². The molecule has 0 spiro atoms. The molecule has 0 atom stereocenters. The summed E-state index contributed by atoms with van der Waals surface area (Å²) in [5.41, 5.74) is 8.10. The van der Waals surface area contributed by atoms with E-state index in [-0.39, 0.29) is 11.9 Å². The number of benzene rings is 1. The number of anilines is 2. The SMILES string of the molecule is NC1CN(c2ccccc2NC(=O)c2csc(-c3cccs3)n2)C1. The van der Waals surface area contributed by atoms with Crippen LogP contribution in [0, 0.1) is 0 Å². The normalized spacial score (nSPS) is 14.5. The number of carbonyl (C=O) groups excluding carboxylic acids is 1. The van der Waals surface area contributed by atoms with Gasteiger partial charge in [-0.1, -0.05) is 18.2 Å². The molecular weight excluding hydrogens is 340 g/mol. The van der Waals surface area contributed by atoms with Crippen molar-refractivity contribution in [1.82, 2.24) is 4.98 Å². The van der Waals surface area contributed by atoms with Gasteiger partial charge in [0.05, 0.1) is 16.3 Å². The number of carbonyl (C=O) groups is 1. The zero-order valence-electron chi connectivity index (χ0n) is 12.8. The summed E-state index contributed by atoms with van der Waals surface area (Å²) in [6.45, 7) is 1.62. The summed E-state index contributed by atoms with van der Waals surface area (Å²) in [4.78, 5) is 20.2. The lowest BCUT2D eigenvalue weighted by Gasteiger charge is -2.39. The van der Waals surface area contributed by atoms with Crippen LogP contribution in [0.4, 0.5) is 11.4 Å². The van der Waals surface area contributed by atoms with E-state index in [0.717, 1.165) is 34.3 Å². The molecule has 1 aliphatic heterocycles. The second-order valence-electron chi connectivity index (χ2n) is 5.65. The van der Waals surface area contributed by atoms with Crippen molar-refractivity contribution in [3.63, 3.8) is 0 Å². The lowest BCUT2D eigenvalue weighted by Crippen LogP contribution is -2.56. The Balaban J connectivity index is 1.53. The van der Waals surface area contributed by atoms with E-state index < -0.39 is 0 Å². The third kappa shape index (κ3) is 2.93. The standard InChI is InChI=1S/C17H16N4OS2/c18-11-8-21(9-11)14-5-2-1-4-12(14)19-16(22)13-10-24-17(20-13)15-6-3-7-23-15/h1-7,10-11H,8-9,18H2,(H,19,22). The molecule has 4 rings (SSSR count). The highest BCUT2D eigenvalue weighted by Gasteiger charge is 2.25. The molecule has 0 radical (unpaired) electrons. The number of rotatable bonds is 4. The van der Waals surface area contributed by atoms with E-state index in [1.807, 2.05) is 41.8 Å². The average molecular weight is 356 g/mol. The topological polar surface area (TPSA) is 71.2 Å². The molecule has 7 heteroatoms. The number of amides is 1. The Kier molecular flexibility index (Phi) is 4.05. The molecule has 1 aliphatic rings. The Morgan fingerprint density at radius 2 is 2.04 bits per heavy atom. The first-order valence-corrected chi connectivity index (χ1v) is 9.37. The summed E-state index contributed by atoms with van der Waals surface area (Å²) in [5.74, 6) is -0.189. The number of thiazole rings is 1. The highest BCUT2D eigenvalue weighted by molar-refractivity contribution is 7.20. The number of thiophene rings is 1. The van der Waals surface area contributed by atoms with Crippen molar-refractivity contribution in [2.45, 2.75) is 6.04 Å². The minimum absolute atomic E-state index is 0.189. The highest BCUT2D eigenvalue weighted by Crippen LogP contribution is 2.31. The second kappa shape index (κ2) is 6.35. The third-order valence-electron chi connectivity index (χ3n) is 3.87. The van der Waals surface area contributed by atoms with Gasteiger partial charge in [0.25, 0.3) is 5.91 Å². The van der Waals surface area contributed by atoms with Gasteiger partial charge in [0.2, 0.25) is 0 Å². The average Bonchev–Trinajstić information content (AvgIpc) is 3.23. The molecule has 0 bridgehead atoms. The summed E-state index contributed by atoms with van der Waals surface area (Å²) in [7, 11) is 0. The van der Waals surface area contributed by atoms with Crippen LogP contribution in [-0.2, 0) is 0 Å². The molecule has 0 unspecified atom stereocenters. The fourth-order valence-electron chi connectivity index (χ4n) is 2.64. The van der Waals surface area contributed by atoms with Gasteiger partial charge in [-0.3, -0.25) is 4.79 Å². The molecule has 3 heterocycles. The molecule has 3 N–H and O–H groups in total. The van der Waals surface area contributed by atoms with E-state index in [1.165, 1.54) is 11.3 Å². The van der Waals surface area contributed by atoms with E-state index in [9.17, 15) is 4.79 Å². The molecule has 1 saturated heterocycles. The lowest BCUT2D eigenvalue weighted by atomic mass is 10.1. The fraction of sp³-hybridized carbons (Fsp3) is 0.176. The zero-order valence-corrected chi connectivity index (χ0v) is 14.4. The molecule has 0 aliphatic carbocycles. The summed E-state index contributed by atoms with van der Waals surface area (Å²) < 4.78 is 0. The van der Waals surface area contributed by atoms with E-state index in [4.69, 9.17) is 5.73 Å². The molecule has 1 amide bonds. The Morgan fingerprint density at radius 1 is 1.21 bits per heavy atom. The first-order chi connectivity index (χ1) is 11.7. The molecule has 122 valence electrons. The highest BCUT2D eigenvalue weighted by atomic mass is 32.1. The van der Waals surface area contributed by atoms with Gasteiger partial charge in [0.15, 0.2) is 0 Å². The van der Waals surface area contributed by atoms with Gasteiger partial charge in [-0.15, -0.1) is 22.7 Å². The van der Waals surface area contributed by atoms with E-state index in [1.54, 1.807) is 16.7 Å². The minimum atomic E-state index is -0.189. The lowest BCUT2D eigenvalue weighted by molar-refractivity contribution is 0.102. The van der Waals surface area contributed by atoms with Crippen LogP contribution in [0.25, 0.3) is 9.88 Å². The van der Waals surface area contributed by atoms with Gasteiger partial charge < -0.3 is 16.0 Å². The van der Waals surface area contributed by atoms with Crippen LogP contribution < -0.4 is 16.0 Å². The van der Waals surface area contributed by atoms with Crippen LogP contribution >= 0.6 is 22.7 Å². The maximum Gasteiger partial charge on any atom is 0.275 e. The summed E-state index contributed by atoms with van der Waals surface area (Å²) >= 11 is 3.10. The second-order valence-corrected chi connectivity index (χ2v) is 7.46. The van der Waals surface area contributed by atoms with Gasteiger partial charge in [-0.2, -0.15) is 0 Å². The Morgan fingerprint density at radius 3 is 2.79 bits per heavy atom. The van der Waals surface area contributed by atoms with Crippen molar-refractivity contribution < 1.29 is 4.79 Å². The van der Waals surface area contributed by atoms with E-state index >= 15 is 0 Å². The number of nitrogens with zero attached hydrogens (tertiary/aromatic N) is 2.